The smallest absolute Gasteiger partial charge is 0.150 e. The maximum atomic E-state index is 13.4. The van der Waals surface area contributed by atoms with Gasteiger partial charge in [-0.15, -0.1) is 0 Å². The molecule has 2 aromatic rings. The molecule has 1 aromatic carbocycles. The lowest BCUT2D eigenvalue weighted by molar-refractivity contribution is 0.636. The summed E-state index contributed by atoms with van der Waals surface area (Å²) in [7, 11) is 0. The summed E-state index contributed by atoms with van der Waals surface area (Å²) in [6.45, 7) is 0. The third kappa shape index (κ3) is 1.73. The van der Waals surface area contributed by atoms with Gasteiger partial charge in [0.2, 0.25) is 0 Å². The Labute approximate surface area is 105 Å². The van der Waals surface area contributed by atoms with E-state index in [2.05, 4.69) is 52.8 Å². The van der Waals surface area contributed by atoms with Gasteiger partial charge in [-0.1, -0.05) is 15.9 Å². The summed E-state index contributed by atoms with van der Waals surface area (Å²) in [5, 5.41) is 0.742. The van der Waals surface area contributed by atoms with Gasteiger partial charge in [-0.2, -0.15) is 0 Å². The van der Waals surface area contributed by atoms with Crippen molar-refractivity contribution in [2.45, 2.75) is 0 Å². The van der Waals surface area contributed by atoms with E-state index in [4.69, 9.17) is 0 Å². The Morgan fingerprint density at radius 3 is 2.57 bits per heavy atom. The van der Waals surface area contributed by atoms with Gasteiger partial charge in [0, 0.05) is 20.5 Å². The van der Waals surface area contributed by atoms with Gasteiger partial charge in [-0.3, -0.25) is 4.98 Å². The molecule has 1 aromatic heterocycles. The molecule has 0 amide bonds. The summed E-state index contributed by atoms with van der Waals surface area (Å²) in [6.07, 6.45) is 1.57. The van der Waals surface area contributed by atoms with E-state index in [1.54, 1.807) is 6.20 Å². The van der Waals surface area contributed by atoms with E-state index < -0.39 is 0 Å². The van der Waals surface area contributed by atoms with Crippen LogP contribution in [-0.2, 0) is 0 Å². The van der Waals surface area contributed by atoms with Crippen LogP contribution in [0.5, 0.6) is 0 Å². The average Bonchev–Trinajstić information content (AvgIpc) is 2.12. The zero-order valence-electron chi connectivity index (χ0n) is 6.69. The van der Waals surface area contributed by atoms with Crippen LogP contribution >= 0.6 is 47.8 Å². The zero-order valence-corrected chi connectivity index (χ0v) is 11.4. The second-order valence-corrected chi connectivity index (χ2v) is 5.27. The van der Waals surface area contributed by atoms with Crippen LogP contribution in [0.3, 0.4) is 0 Å². The molecule has 0 aliphatic carbocycles. The zero-order chi connectivity index (χ0) is 10.3. The average molecular weight is 384 g/mol. The molecule has 0 radical (unpaired) electrons. The number of halogens is 4. The summed E-state index contributed by atoms with van der Waals surface area (Å²) in [4.78, 5) is 4.01. The highest BCUT2D eigenvalue weighted by Gasteiger charge is 2.09. The molecular formula is C9H3Br3FN. The first-order chi connectivity index (χ1) is 6.59. The fourth-order valence-corrected chi connectivity index (χ4v) is 2.32. The summed E-state index contributed by atoms with van der Waals surface area (Å²) in [5.74, 6) is -0.331. The fraction of sp³-hybridized carbons (Fsp3) is 0. The largest absolute Gasteiger partial charge is 0.252 e. The van der Waals surface area contributed by atoms with E-state index in [1.807, 2.05) is 6.07 Å². The Morgan fingerprint density at radius 2 is 1.86 bits per heavy atom. The van der Waals surface area contributed by atoms with E-state index >= 15 is 0 Å². The highest BCUT2D eigenvalue weighted by Crippen LogP contribution is 2.32. The van der Waals surface area contributed by atoms with E-state index in [0.29, 0.717) is 9.99 Å². The van der Waals surface area contributed by atoms with Gasteiger partial charge >= 0.3 is 0 Å². The molecule has 72 valence electrons. The lowest BCUT2D eigenvalue weighted by Crippen LogP contribution is -1.86. The van der Waals surface area contributed by atoms with E-state index in [9.17, 15) is 4.39 Å². The first-order valence-electron chi connectivity index (χ1n) is 3.68. The number of fused-ring (bicyclic) bond motifs is 1. The van der Waals surface area contributed by atoms with Crippen LogP contribution in [0.15, 0.2) is 31.7 Å². The number of hydrogen-bond acceptors (Lipinski definition) is 1. The molecule has 5 heteroatoms. The lowest BCUT2D eigenvalue weighted by Gasteiger charge is -2.03. The monoisotopic (exact) mass is 381 g/mol. The Hall–Kier alpha value is -0.000000000000000111. The maximum Gasteiger partial charge on any atom is 0.150 e. The van der Waals surface area contributed by atoms with Crippen molar-refractivity contribution in [2.75, 3.05) is 0 Å². The molecular weight excluding hydrogens is 381 g/mol. The van der Waals surface area contributed by atoms with Crippen LogP contribution in [0.2, 0.25) is 0 Å². The van der Waals surface area contributed by atoms with E-state index in [1.165, 1.54) is 6.07 Å². The van der Waals surface area contributed by atoms with Gasteiger partial charge in [-0.05, 0) is 44.0 Å². The molecule has 0 N–H and O–H groups in total. The van der Waals surface area contributed by atoms with Crippen molar-refractivity contribution in [1.29, 1.82) is 0 Å². The number of benzene rings is 1. The second-order valence-electron chi connectivity index (χ2n) is 2.70. The molecule has 0 unspecified atom stereocenters. The summed E-state index contributed by atoms with van der Waals surface area (Å²) < 4.78 is 15.7. The summed E-state index contributed by atoms with van der Waals surface area (Å²) >= 11 is 9.93. The van der Waals surface area contributed by atoms with Crippen LogP contribution in [0.25, 0.3) is 10.9 Å². The lowest BCUT2D eigenvalue weighted by atomic mass is 10.2. The SMILES string of the molecule is Fc1cc(Br)cc2c(Br)c(Br)cnc12. The van der Waals surface area contributed by atoms with Crippen molar-refractivity contribution in [2.24, 2.45) is 0 Å². The Kier molecular flexibility index (Phi) is 2.91. The molecule has 0 saturated heterocycles. The molecule has 1 heterocycles. The topological polar surface area (TPSA) is 12.9 Å². The van der Waals surface area contributed by atoms with E-state index in [-0.39, 0.29) is 5.82 Å². The molecule has 1 nitrogen and oxygen atoms in total. The van der Waals surface area contributed by atoms with Crippen LogP contribution in [-0.4, -0.2) is 4.98 Å². The second kappa shape index (κ2) is 3.87. The molecule has 0 saturated carbocycles. The number of aromatic nitrogens is 1. The van der Waals surface area contributed by atoms with Crippen molar-refractivity contribution in [3.05, 3.63) is 37.6 Å². The standard InChI is InChI=1S/C9H3Br3FN/c10-4-1-5-8(12)6(11)3-14-9(5)7(13)2-4/h1-3H. The molecule has 0 aliphatic heterocycles. The van der Waals surface area contributed by atoms with E-state index in [0.717, 1.165) is 14.3 Å². The van der Waals surface area contributed by atoms with Crippen LogP contribution in [0.1, 0.15) is 0 Å². The third-order valence-corrected chi connectivity index (χ3v) is 4.23. The minimum Gasteiger partial charge on any atom is -0.252 e. The third-order valence-electron chi connectivity index (χ3n) is 1.78. The molecule has 0 fully saturated rings. The summed E-state index contributed by atoms with van der Waals surface area (Å²) in [6, 6.07) is 3.22. The highest BCUT2D eigenvalue weighted by atomic mass is 79.9. The van der Waals surface area contributed by atoms with Crippen LogP contribution in [0.4, 0.5) is 4.39 Å². The minimum atomic E-state index is -0.331. The van der Waals surface area contributed by atoms with Crippen LogP contribution < -0.4 is 0 Å². The molecule has 0 aliphatic rings. The molecule has 0 spiro atoms. The van der Waals surface area contributed by atoms with Crippen molar-refractivity contribution < 1.29 is 4.39 Å². The number of nitrogens with zero attached hydrogens (tertiary/aromatic N) is 1. The van der Waals surface area contributed by atoms with Gasteiger partial charge in [0.1, 0.15) is 5.52 Å². The predicted octanol–water partition coefficient (Wildman–Crippen LogP) is 4.66. The number of hydrogen-bond donors (Lipinski definition) is 0. The summed E-state index contributed by atoms with van der Waals surface area (Å²) in [5.41, 5.74) is 0.364. The van der Waals surface area contributed by atoms with Crippen molar-refractivity contribution in [3.8, 4) is 0 Å². The minimum absolute atomic E-state index is 0.331. The predicted molar refractivity (Wildman–Crippen MR) is 64.8 cm³/mol. The van der Waals surface area contributed by atoms with Crippen molar-refractivity contribution in [3.63, 3.8) is 0 Å². The first kappa shape index (κ1) is 10.5. The van der Waals surface area contributed by atoms with Crippen molar-refractivity contribution in [1.82, 2.24) is 4.98 Å². The Bertz CT molecular complexity index is 513. The Balaban J connectivity index is 2.95. The highest BCUT2D eigenvalue weighted by molar-refractivity contribution is 9.13. The number of pyridine rings is 1. The first-order valence-corrected chi connectivity index (χ1v) is 6.06. The Morgan fingerprint density at radius 1 is 1.14 bits per heavy atom. The quantitative estimate of drug-likeness (QED) is 0.644. The fourth-order valence-electron chi connectivity index (χ4n) is 1.17. The van der Waals surface area contributed by atoms with Gasteiger partial charge in [0.15, 0.2) is 5.82 Å². The van der Waals surface area contributed by atoms with Gasteiger partial charge in [-0.25, -0.2) is 4.39 Å². The molecule has 0 atom stereocenters. The van der Waals surface area contributed by atoms with Crippen LogP contribution in [0, 0.1) is 5.82 Å². The van der Waals surface area contributed by atoms with Gasteiger partial charge in [0.25, 0.3) is 0 Å². The molecule has 2 rings (SSSR count). The van der Waals surface area contributed by atoms with Crippen molar-refractivity contribution >= 4 is 58.7 Å². The van der Waals surface area contributed by atoms with Gasteiger partial charge in [0.05, 0.1) is 4.47 Å². The normalized spacial score (nSPS) is 10.9. The number of rotatable bonds is 0. The molecule has 0 bridgehead atoms. The molecule has 14 heavy (non-hydrogen) atoms. The van der Waals surface area contributed by atoms with Gasteiger partial charge < -0.3 is 0 Å². The maximum absolute atomic E-state index is 13.4.